The number of halogens is 1. The van der Waals surface area contributed by atoms with Crippen LogP contribution in [0.2, 0.25) is 0 Å². The van der Waals surface area contributed by atoms with Crippen molar-refractivity contribution in [1.29, 1.82) is 0 Å². The van der Waals surface area contributed by atoms with Crippen LogP contribution in [0.25, 0.3) is 0 Å². The number of aromatic nitrogens is 3. The fourth-order valence-corrected chi connectivity index (χ4v) is 2.45. The van der Waals surface area contributed by atoms with E-state index in [-0.39, 0.29) is 6.04 Å². The summed E-state index contributed by atoms with van der Waals surface area (Å²) >= 11 is 3.59. The van der Waals surface area contributed by atoms with Crippen molar-refractivity contribution in [1.82, 2.24) is 14.8 Å². The molecule has 0 aliphatic rings. The Hall–Kier alpha value is -1.20. The second-order valence-corrected chi connectivity index (χ2v) is 5.05. The van der Waals surface area contributed by atoms with E-state index in [0.717, 1.165) is 34.4 Å². The number of aryl methyl sites for hydroxylation is 2. The minimum atomic E-state index is -0.0364. The molecule has 2 heterocycles. The highest BCUT2D eigenvalue weighted by Crippen LogP contribution is 2.25. The van der Waals surface area contributed by atoms with Gasteiger partial charge in [-0.2, -0.15) is 5.10 Å². The van der Waals surface area contributed by atoms with Gasteiger partial charge in [-0.25, -0.2) is 0 Å². The molecule has 96 valence electrons. The molecule has 5 heteroatoms. The molecule has 0 spiro atoms. The molecule has 0 aliphatic heterocycles. The first kappa shape index (κ1) is 13.2. The van der Waals surface area contributed by atoms with Gasteiger partial charge >= 0.3 is 0 Å². The van der Waals surface area contributed by atoms with Crippen LogP contribution >= 0.6 is 15.9 Å². The van der Waals surface area contributed by atoms with Crippen molar-refractivity contribution < 1.29 is 0 Å². The summed E-state index contributed by atoms with van der Waals surface area (Å²) in [6.45, 7) is 4.93. The van der Waals surface area contributed by atoms with Crippen LogP contribution in [-0.2, 0) is 13.0 Å². The number of rotatable bonds is 4. The molecule has 0 aliphatic carbocycles. The van der Waals surface area contributed by atoms with E-state index >= 15 is 0 Å². The Kier molecular flexibility index (Phi) is 4.14. The summed E-state index contributed by atoms with van der Waals surface area (Å²) in [5, 5.41) is 4.48. The van der Waals surface area contributed by atoms with Crippen molar-refractivity contribution in [3.63, 3.8) is 0 Å². The Morgan fingerprint density at radius 1 is 1.39 bits per heavy atom. The van der Waals surface area contributed by atoms with Gasteiger partial charge in [0.1, 0.15) is 0 Å². The molecule has 2 aromatic heterocycles. The van der Waals surface area contributed by atoms with Crippen LogP contribution in [0.1, 0.15) is 29.9 Å². The van der Waals surface area contributed by atoms with Gasteiger partial charge in [-0.3, -0.25) is 9.67 Å². The number of nitrogens with two attached hydrogens (primary N) is 1. The van der Waals surface area contributed by atoms with E-state index in [1.165, 1.54) is 0 Å². The minimum Gasteiger partial charge on any atom is -0.324 e. The first-order valence-corrected chi connectivity index (χ1v) is 6.80. The highest BCUT2D eigenvalue weighted by molar-refractivity contribution is 9.10. The molecule has 4 nitrogen and oxygen atoms in total. The maximum absolute atomic E-state index is 6.24. The summed E-state index contributed by atoms with van der Waals surface area (Å²) in [6.07, 6.45) is 4.30. The Morgan fingerprint density at radius 3 is 2.67 bits per heavy atom. The van der Waals surface area contributed by atoms with Crippen molar-refractivity contribution >= 4 is 15.9 Å². The number of pyridine rings is 1. The maximum Gasteiger partial charge on any atom is 0.0738 e. The maximum atomic E-state index is 6.24. The van der Waals surface area contributed by atoms with E-state index in [1.807, 2.05) is 23.7 Å². The second-order valence-electron chi connectivity index (χ2n) is 4.25. The fraction of sp³-hybridized carbons (Fsp3) is 0.385. The van der Waals surface area contributed by atoms with Gasteiger partial charge in [0.2, 0.25) is 0 Å². The van der Waals surface area contributed by atoms with E-state index in [1.54, 1.807) is 12.4 Å². The Bertz CT molecular complexity index is 521. The first-order valence-electron chi connectivity index (χ1n) is 6.00. The molecular formula is C13H17BrN4. The molecule has 2 aromatic rings. The Balaban J connectivity index is 2.24. The molecule has 0 bridgehead atoms. The van der Waals surface area contributed by atoms with Crippen molar-refractivity contribution in [3.05, 3.63) is 46.0 Å². The smallest absolute Gasteiger partial charge is 0.0738 e. The lowest BCUT2D eigenvalue weighted by Gasteiger charge is -2.13. The van der Waals surface area contributed by atoms with Crippen molar-refractivity contribution in [2.75, 3.05) is 0 Å². The van der Waals surface area contributed by atoms with E-state index < -0.39 is 0 Å². The monoisotopic (exact) mass is 308 g/mol. The summed E-state index contributed by atoms with van der Waals surface area (Å²) < 4.78 is 3.06. The van der Waals surface area contributed by atoms with Crippen molar-refractivity contribution in [2.45, 2.75) is 32.9 Å². The van der Waals surface area contributed by atoms with Gasteiger partial charge in [-0.05, 0) is 47.5 Å². The van der Waals surface area contributed by atoms with Crippen molar-refractivity contribution in [2.24, 2.45) is 5.73 Å². The molecule has 0 aromatic carbocycles. The SMILES string of the molecule is CCn1nc(C)c(Br)c1CC(N)c1ccncc1. The topological polar surface area (TPSA) is 56.7 Å². The van der Waals surface area contributed by atoms with Gasteiger partial charge in [0, 0.05) is 31.4 Å². The molecule has 18 heavy (non-hydrogen) atoms. The fourth-order valence-electron chi connectivity index (χ4n) is 2.00. The van der Waals surface area contributed by atoms with Gasteiger partial charge in [-0.1, -0.05) is 0 Å². The molecule has 1 atom stereocenters. The van der Waals surface area contributed by atoms with E-state index in [0.29, 0.717) is 0 Å². The molecule has 0 fully saturated rings. The molecule has 2 N–H and O–H groups in total. The first-order chi connectivity index (χ1) is 8.63. The van der Waals surface area contributed by atoms with Crippen LogP contribution in [0.15, 0.2) is 29.0 Å². The van der Waals surface area contributed by atoms with E-state index in [2.05, 4.69) is 32.9 Å². The average Bonchev–Trinajstić information content (AvgIpc) is 2.67. The van der Waals surface area contributed by atoms with Crippen LogP contribution in [-0.4, -0.2) is 14.8 Å². The summed E-state index contributed by atoms with van der Waals surface area (Å²) in [5.74, 6) is 0. The summed E-state index contributed by atoms with van der Waals surface area (Å²) in [4.78, 5) is 4.01. The number of hydrogen-bond donors (Lipinski definition) is 1. The zero-order valence-electron chi connectivity index (χ0n) is 10.6. The van der Waals surface area contributed by atoms with Gasteiger partial charge < -0.3 is 5.73 Å². The van der Waals surface area contributed by atoms with Gasteiger partial charge in [0.05, 0.1) is 15.9 Å². The van der Waals surface area contributed by atoms with Crippen LogP contribution < -0.4 is 5.73 Å². The van der Waals surface area contributed by atoms with Crippen molar-refractivity contribution in [3.8, 4) is 0 Å². The summed E-state index contributed by atoms with van der Waals surface area (Å²) in [7, 11) is 0. The zero-order valence-corrected chi connectivity index (χ0v) is 12.2. The molecule has 1 unspecified atom stereocenters. The standard InChI is InChI=1S/C13H17BrN4/c1-3-18-12(13(14)9(2)17-18)8-11(15)10-4-6-16-7-5-10/h4-7,11H,3,8,15H2,1-2H3. The molecule has 2 rings (SSSR count). The predicted molar refractivity (Wildman–Crippen MR) is 75.2 cm³/mol. The van der Waals surface area contributed by atoms with Gasteiger partial charge in [0.15, 0.2) is 0 Å². The Labute approximate surface area is 115 Å². The normalized spacial score (nSPS) is 12.7. The molecule has 0 saturated carbocycles. The van der Waals surface area contributed by atoms with Gasteiger partial charge in [0.25, 0.3) is 0 Å². The van der Waals surface area contributed by atoms with E-state index in [9.17, 15) is 0 Å². The van der Waals surface area contributed by atoms with Gasteiger partial charge in [-0.15, -0.1) is 0 Å². The Morgan fingerprint density at radius 2 is 2.06 bits per heavy atom. The number of hydrogen-bond acceptors (Lipinski definition) is 3. The minimum absolute atomic E-state index is 0.0364. The lowest BCUT2D eigenvalue weighted by Crippen LogP contribution is -2.16. The zero-order chi connectivity index (χ0) is 13.1. The average molecular weight is 309 g/mol. The molecule has 0 saturated heterocycles. The lowest BCUT2D eigenvalue weighted by atomic mass is 10.0. The third-order valence-corrected chi connectivity index (χ3v) is 4.03. The van der Waals surface area contributed by atoms with Crippen LogP contribution in [0.5, 0.6) is 0 Å². The molecule has 0 amide bonds. The number of nitrogens with zero attached hydrogens (tertiary/aromatic N) is 3. The van der Waals surface area contributed by atoms with E-state index in [4.69, 9.17) is 5.73 Å². The lowest BCUT2D eigenvalue weighted by molar-refractivity contribution is 0.586. The van der Waals surface area contributed by atoms with Crippen LogP contribution in [0, 0.1) is 6.92 Å². The van der Waals surface area contributed by atoms with Crippen LogP contribution in [0.3, 0.4) is 0 Å². The predicted octanol–water partition coefficient (Wildman–Crippen LogP) is 2.61. The third-order valence-electron chi connectivity index (χ3n) is 3.00. The highest BCUT2D eigenvalue weighted by Gasteiger charge is 2.16. The summed E-state index contributed by atoms with van der Waals surface area (Å²) in [6, 6.07) is 3.88. The molecule has 0 radical (unpaired) electrons. The quantitative estimate of drug-likeness (QED) is 0.944. The van der Waals surface area contributed by atoms with Crippen LogP contribution in [0.4, 0.5) is 0 Å². The largest absolute Gasteiger partial charge is 0.324 e. The second kappa shape index (κ2) is 5.63. The molecular weight excluding hydrogens is 292 g/mol. The highest BCUT2D eigenvalue weighted by atomic mass is 79.9. The third kappa shape index (κ3) is 2.62. The summed E-state index contributed by atoms with van der Waals surface area (Å²) in [5.41, 5.74) is 9.50.